The van der Waals surface area contributed by atoms with Crippen LogP contribution < -0.4 is 10.6 Å². The molecule has 0 aromatic carbocycles. The van der Waals surface area contributed by atoms with Gasteiger partial charge in [0.15, 0.2) is 0 Å². The maximum atomic E-state index is 11.1. The second-order valence-corrected chi connectivity index (χ2v) is 3.49. The molecule has 0 heterocycles. The summed E-state index contributed by atoms with van der Waals surface area (Å²) in [6.45, 7) is 0. The maximum Gasteiger partial charge on any atom is 0.315 e. The molecule has 1 aliphatic carbocycles. The van der Waals surface area contributed by atoms with Gasteiger partial charge in [0, 0.05) is 7.05 Å². The molecule has 2 N–H and O–H groups in total. The fourth-order valence-electron chi connectivity index (χ4n) is 1.74. The van der Waals surface area contributed by atoms with Crippen molar-refractivity contribution >= 4 is 6.03 Å². The molecular weight excluding hydrogens is 164 g/mol. The molecule has 3 heteroatoms. The van der Waals surface area contributed by atoms with Gasteiger partial charge in [-0.25, -0.2) is 4.79 Å². The molecule has 0 unspecified atom stereocenters. The predicted molar refractivity (Wildman–Crippen MR) is 52.2 cm³/mol. The molecule has 0 saturated heterocycles. The molecule has 1 aliphatic rings. The van der Waals surface area contributed by atoms with E-state index < -0.39 is 5.54 Å². The lowest BCUT2D eigenvalue weighted by molar-refractivity contribution is 0.225. The van der Waals surface area contributed by atoms with Crippen molar-refractivity contribution in [3.05, 3.63) is 0 Å². The van der Waals surface area contributed by atoms with Gasteiger partial charge in [-0.2, -0.15) is 0 Å². The van der Waals surface area contributed by atoms with Crippen molar-refractivity contribution < 1.29 is 4.79 Å². The smallest absolute Gasteiger partial charge is 0.315 e. The summed E-state index contributed by atoms with van der Waals surface area (Å²) in [4.78, 5) is 11.1. The Morgan fingerprint density at radius 3 is 2.46 bits per heavy atom. The van der Waals surface area contributed by atoms with E-state index in [1.807, 2.05) is 0 Å². The Kier molecular flexibility index (Phi) is 3.18. The fourth-order valence-corrected chi connectivity index (χ4v) is 1.74. The van der Waals surface area contributed by atoms with Crippen LogP contribution in [0.1, 0.15) is 32.1 Å². The first kappa shape index (κ1) is 9.91. The number of amides is 2. The highest BCUT2D eigenvalue weighted by Crippen LogP contribution is 2.27. The van der Waals surface area contributed by atoms with Gasteiger partial charge in [0.25, 0.3) is 0 Å². The van der Waals surface area contributed by atoms with Crippen LogP contribution in [0.25, 0.3) is 0 Å². The molecule has 0 atom stereocenters. The number of carbonyl (C=O) groups excluding carboxylic acids is 1. The lowest BCUT2D eigenvalue weighted by Gasteiger charge is -2.33. The van der Waals surface area contributed by atoms with Crippen LogP contribution in [0.2, 0.25) is 0 Å². The normalized spacial score (nSPS) is 20.0. The minimum absolute atomic E-state index is 0.181. The molecule has 2 amide bonds. The Balaban J connectivity index is 2.59. The van der Waals surface area contributed by atoms with E-state index >= 15 is 0 Å². The third-order valence-corrected chi connectivity index (χ3v) is 2.56. The first-order valence-electron chi connectivity index (χ1n) is 4.70. The van der Waals surface area contributed by atoms with Gasteiger partial charge >= 0.3 is 6.03 Å². The van der Waals surface area contributed by atoms with Gasteiger partial charge in [0.1, 0.15) is 5.54 Å². The third kappa shape index (κ3) is 2.38. The fraction of sp³-hybridized carbons (Fsp3) is 0.700. The maximum absolute atomic E-state index is 11.1. The summed E-state index contributed by atoms with van der Waals surface area (Å²) in [5.74, 6) is 2.71. The molecule has 1 fully saturated rings. The molecule has 72 valence electrons. The zero-order valence-corrected chi connectivity index (χ0v) is 8.02. The zero-order valence-electron chi connectivity index (χ0n) is 8.02. The Morgan fingerprint density at radius 1 is 1.38 bits per heavy atom. The summed E-state index contributed by atoms with van der Waals surface area (Å²) in [7, 11) is 1.60. The van der Waals surface area contributed by atoms with Crippen LogP contribution in [0.3, 0.4) is 0 Å². The second kappa shape index (κ2) is 4.18. The van der Waals surface area contributed by atoms with E-state index in [4.69, 9.17) is 6.42 Å². The molecule has 1 saturated carbocycles. The highest BCUT2D eigenvalue weighted by atomic mass is 16.2. The number of hydrogen-bond donors (Lipinski definition) is 2. The Hall–Kier alpha value is -1.17. The van der Waals surface area contributed by atoms with Gasteiger partial charge in [-0.15, -0.1) is 6.42 Å². The number of hydrogen-bond acceptors (Lipinski definition) is 1. The minimum Gasteiger partial charge on any atom is -0.341 e. The summed E-state index contributed by atoms with van der Waals surface area (Å²) < 4.78 is 0. The predicted octanol–water partition coefficient (Wildman–Crippen LogP) is 1.25. The van der Waals surface area contributed by atoms with Crippen LogP contribution >= 0.6 is 0 Å². The summed E-state index contributed by atoms with van der Waals surface area (Å²) >= 11 is 0. The molecular formula is C10H16N2O. The average molecular weight is 180 g/mol. The average Bonchev–Trinajstić information content (AvgIpc) is 2.19. The molecule has 0 aromatic heterocycles. The van der Waals surface area contributed by atoms with Crippen molar-refractivity contribution in [2.75, 3.05) is 7.05 Å². The monoisotopic (exact) mass is 180 g/mol. The molecule has 0 aromatic rings. The van der Waals surface area contributed by atoms with E-state index in [0.717, 1.165) is 25.7 Å². The molecule has 0 bridgehead atoms. The molecule has 1 rings (SSSR count). The molecule has 13 heavy (non-hydrogen) atoms. The van der Waals surface area contributed by atoms with Crippen molar-refractivity contribution in [3.63, 3.8) is 0 Å². The Morgan fingerprint density at radius 2 is 2.00 bits per heavy atom. The number of rotatable bonds is 1. The quantitative estimate of drug-likeness (QED) is 0.586. The van der Waals surface area contributed by atoms with E-state index in [9.17, 15) is 4.79 Å². The molecule has 0 aliphatic heterocycles. The van der Waals surface area contributed by atoms with E-state index in [1.165, 1.54) is 6.42 Å². The zero-order chi connectivity index (χ0) is 9.73. The van der Waals surface area contributed by atoms with E-state index in [2.05, 4.69) is 16.6 Å². The van der Waals surface area contributed by atoms with Crippen molar-refractivity contribution in [2.24, 2.45) is 0 Å². The van der Waals surface area contributed by atoms with Crippen molar-refractivity contribution in [1.29, 1.82) is 0 Å². The minimum atomic E-state index is -0.391. The third-order valence-electron chi connectivity index (χ3n) is 2.56. The first-order valence-corrected chi connectivity index (χ1v) is 4.70. The largest absolute Gasteiger partial charge is 0.341 e. The van der Waals surface area contributed by atoms with Gasteiger partial charge in [-0.05, 0) is 12.8 Å². The lowest BCUT2D eigenvalue weighted by Crippen LogP contribution is -2.51. The van der Waals surface area contributed by atoms with Crippen LogP contribution in [0.5, 0.6) is 0 Å². The van der Waals surface area contributed by atoms with E-state index in [0.29, 0.717) is 0 Å². The van der Waals surface area contributed by atoms with Crippen molar-refractivity contribution in [2.45, 2.75) is 37.6 Å². The number of terminal acetylenes is 1. The first-order chi connectivity index (χ1) is 6.22. The van der Waals surface area contributed by atoms with Gasteiger partial charge in [-0.3, -0.25) is 0 Å². The Labute approximate surface area is 79.3 Å². The van der Waals surface area contributed by atoms with Crippen LogP contribution in [-0.4, -0.2) is 18.6 Å². The van der Waals surface area contributed by atoms with Crippen molar-refractivity contribution in [1.82, 2.24) is 10.6 Å². The second-order valence-electron chi connectivity index (χ2n) is 3.49. The lowest BCUT2D eigenvalue weighted by atomic mass is 9.82. The molecule has 0 radical (unpaired) electrons. The summed E-state index contributed by atoms with van der Waals surface area (Å²) in [5.41, 5.74) is -0.391. The standard InChI is InChI=1S/C10H16N2O/c1-3-10(12-9(13)11-2)7-5-4-6-8-10/h1H,4-8H2,2H3,(H2,11,12,13). The van der Waals surface area contributed by atoms with Crippen LogP contribution in [-0.2, 0) is 0 Å². The van der Waals surface area contributed by atoms with Gasteiger partial charge < -0.3 is 10.6 Å². The van der Waals surface area contributed by atoms with Crippen molar-refractivity contribution in [3.8, 4) is 12.3 Å². The summed E-state index contributed by atoms with van der Waals surface area (Å²) in [6, 6.07) is -0.181. The number of nitrogens with one attached hydrogen (secondary N) is 2. The van der Waals surface area contributed by atoms with Gasteiger partial charge in [-0.1, -0.05) is 25.2 Å². The highest BCUT2D eigenvalue weighted by Gasteiger charge is 2.30. The molecule has 0 spiro atoms. The van der Waals surface area contributed by atoms with Gasteiger partial charge in [0.2, 0.25) is 0 Å². The van der Waals surface area contributed by atoms with Crippen LogP contribution in [0.4, 0.5) is 4.79 Å². The topological polar surface area (TPSA) is 41.1 Å². The summed E-state index contributed by atoms with van der Waals surface area (Å²) in [6.07, 6.45) is 10.7. The SMILES string of the molecule is C#CC1(NC(=O)NC)CCCCC1. The highest BCUT2D eigenvalue weighted by molar-refractivity contribution is 5.75. The number of urea groups is 1. The van der Waals surface area contributed by atoms with Crippen LogP contribution in [0.15, 0.2) is 0 Å². The number of carbonyl (C=O) groups is 1. The Bertz CT molecular complexity index is 224. The van der Waals surface area contributed by atoms with Gasteiger partial charge in [0.05, 0.1) is 0 Å². The van der Waals surface area contributed by atoms with E-state index in [1.54, 1.807) is 7.05 Å². The molecule has 3 nitrogen and oxygen atoms in total. The summed E-state index contributed by atoms with van der Waals surface area (Å²) in [5, 5.41) is 5.37. The van der Waals surface area contributed by atoms with Crippen LogP contribution in [0, 0.1) is 12.3 Å². The van der Waals surface area contributed by atoms with E-state index in [-0.39, 0.29) is 6.03 Å².